The van der Waals surface area contributed by atoms with Gasteiger partial charge in [0.15, 0.2) is 5.13 Å². The summed E-state index contributed by atoms with van der Waals surface area (Å²) in [5, 5.41) is 34.0. The van der Waals surface area contributed by atoms with E-state index < -0.39 is 24.4 Å². The van der Waals surface area contributed by atoms with Crippen molar-refractivity contribution in [1.29, 1.82) is 0 Å². The van der Waals surface area contributed by atoms with Crippen molar-refractivity contribution in [2.24, 2.45) is 0 Å². The number of rotatable bonds is 3. The fourth-order valence-corrected chi connectivity index (χ4v) is 2.55. The molecule has 4 atom stereocenters. The summed E-state index contributed by atoms with van der Waals surface area (Å²) in [5.74, 6) is 0. The van der Waals surface area contributed by atoms with Crippen molar-refractivity contribution >= 4 is 28.1 Å². The topological polar surface area (TPSA) is 94.8 Å². The van der Waals surface area contributed by atoms with Crippen LogP contribution in [0.4, 0.5) is 5.13 Å². The number of halogens is 1. The van der Waals surface area contributed by atoms with E-state index in [1.165, 1.54) is 11.3 Å². The summed E-state index contributed by atoms with van der Waals surface area (Å²) in [6.45, 7) is -0.144. The molecule has 1 aromatic rings. The van der Waals surface area contributed by atoms with Gasteiger partial charge in [-0.05, 0) is 0 Å². The Kier molecular flexibility index (Phi) is 4.18. The number of anilines is 1. The maximum absolute atomic E-state index is 9.85. The largest absolute Gasteiger partial charge is 0.394 e. The lowest BCUT2D eigenvalue weighted by molar-refractivity contribution is -0.152. The van der Waals surface area contributed by atoms with Crippen molar-refractivity contribution in [3.05, 3.63) is 10.5 Å². The van der Waals surface area contributed by atoms with Gasteiger partial charge in [-0.2, -0.15) is 0 Å². The van der Waals surface area contributed by atoms with Gasteiger partial charge in [0.05, 0.1) is 19.3 Å². The third kappa shape index (κ3) is 2.87. The van der Waals surface area contributed by atoms with E-state index in [4.69, 9.17) is 21.4 Å². The predicted molar refractivity (Wildman–Crippen MR) is 63.4 cm³/mol. The predicted octanol–water partition coefficient (Wildman–Crippen LogP) is -0.310. The van der Waals surface area contributed by atoms with Crippen molar-refractivity contribution in [3.8, 4) is 0 Å². The van der Waals surface area contributed by atoms with Crippen molar-refractivity contribution < 1.29 is 20.1 Å². The van der Waals surface area contributed by atoms with Crippen LogP contribution >= 0.6 is 22.9 Å². The highest BCUT2D eigenvalue weighted by Gasteiger charge is 2.38. The Morgan fingerprint density at radius 3 is 2.88 bits per heavy atom. The Labute approximate surface area is 107 Å². The quantitative estimate of drug-likeness (QED) is 0.607. The molecule has 4 N–H and O–H groups in total. The molecule has 17 heavy (non-hydrogen) atoms. The Morgan fingerprint density at radius 2 is 2.29 bits per heavy atom. The van der Waals surface area contributed by atoms with Gasteiger partial charge in [0.25, 0.3) is 0 Å². The molecule has 0 radical (unpaired) electrons. The van der Waals surface area contributed by atoms with Gasteiger partial charge in [0.1, 0.15) is 23.5 Å². The maximum Gasteiger partial charge on any atom is 0.184 e. The van der Waals surface area contributed by atoms with E-state index in [1.54, 1.807) is 5.38 Å². The molecule has 2 heterocycles. The summed E-state index contributed by atoms with van der Waals surface area (Å²) in [7, 11) is 0. The number of thiazole rings is 1. The first-order chi connectivity index (χ1) is 8.11. The van der Waals surface area contributed by atoms with Gasteiger partial charge >= 0.3 is 0 Å². The first-order valence-corrected chi connectivity index (χ1v) is 6.33. The zero-order valence-electron chi connectivity index (χ0n) is 8.78. The lowest BCUT2D eigenvalue weighted by Crippen LogP contribution is -2.56. The number of aliphatic hydroxyl groups is 3. The summed E-state index contributed by atoms with van der Waals surface area (Å²) in [4.78, 5) is 3.98. The molecule has 0 bridgehead atoms. The van der Waals surface area contributed by atoms with E-state index in [2.05, 4.69) is 10.3 Å². The van der Waals surface area contributed by atoms with Gasteiger partial charge in [0.2, 0.25) is 0 Å². The number of aliphatic hydroxyl groups excluding tert-OH is 3. The number of hydrogen-bond acceptors (Lipinski definition) is 7. The van der Waals surface area contributed by atoms with E-state index in [9.17, 15) is 10.2 Å². The Bertz CT molecular complexity index is 378. The second kappa shape index (κ2) is 5.47. The lowest BCUT2D eigenvalue weighted by Gasteiger charge is -2.37. The van der Waals surface area contributed by atoms with E-state index in [-0.39, 0.29) is 13.2 Å². The van der Waals surface area contributed by atoms with E-state index in [0.717, 1.165) is 0 Å². The third-order valence-corrected chi connectivity index (χ3v) is 3.69. The molecular formula is C9H13ClN2O4S. The number of hydrogen-bond donors (Lipinski definition) is 4. The minimum absolute atomic E-state index is 0.181. The van der Waals surface area contributed by atoms with Crippen LogP contribution in [0.25, 0.3) is 0 Å². The molecule has 0 aliphatic carbocycles. The lowest BCUT2D eigenvalue weighted by atomic mass is 9.99. The summed E-state index contributed by atoms with van der Waals surface area (Å²) >= 11 is 6.97. The fourth-order valence-electron chi connectivity index (χ4n) is 1.65. The first-order valence-electron chi connectivity index (χ1n) is 5.08. The van der Waals surface area contributed by atoms with Gasteiger partial charge in [-0.25, -0.2) is 4.98 Å². The minimum atomic E-state index is -1.12. The molecule has 1 fully saturated rings. The normalized spacial score (nSPS) is 33.6. The van der Waals surface area contributed by atoms with Crippen LogP contribution in [-0.4, -0.2) is 57.9 Å². The summed E-state index contributed by atoms with van der Waals surface area (Å²) in [6.07, 6.45) is -2.90. The van der Waals surface area contributed by atoms with Crippen molar-refractivity contribution in [3.63, 3.8) is 0 Å². The van der Waals surface area contributed by atoms with Crippen LogP contribution < -0.4 is 5.32 Å². The number of ether oxygens (including phenoxy) is 1. The second-order valence-corrected chi connectivity index (χ2v) is 5.01. The standard InChI is InChI=1S/C9H13ClN2O4S/c10-6-3-17-9(12-6)11-4-2-16-5(1-13)8(15)7(4)14/h3-5,7-8,13-15H,1-2H2,(H,11,12)/t4-,5+,7+,8-/m0/s1. The van der Waals surface area contributed by atoms with E-state index in [1.807, 2.05) is 0 Å². The van der Waals surface area contributed by atoms with Gasteiger partial charge in [-0.3, -0.25) is 0 Å². The number of aromatic nitrogens is 1. The molecule has 0 amide bonds. The van der Waals surface area contributed by atoms with Crippen LogP contribution in [-0.2, 0) is 4.74 Å². The summed E-state index contributed by atoms with van der Waals surface area (Å²) < 4.78 is 5.22. The SMILES string of the molecule is OC[C@H]1OC[C@H](Nc2nc(Cl)cs2)[C@@H](O)[C@H]1O. The molecule has 0 saturated carbocycles. The van der Waals surface area contributed by atoms with Crippen molar-refractivity contribution in [2.75, 3.05) is 18.5 Å². The zero-order chi connectivity index (χ0) is 12.4. The number of nitrogens with one attached hydrogen (secondary N) is 1. The molecule has 2 rings (SSSR count). The van der Waals surface area contributed by atoms with Crippen LogP contribution in [0, 0.1) is 0 Å². The Hall–Kier alpha value is -0.440. The summed E-state index contributed by atoms with van der Waals surface area (Å²) in [5.41, 5.74) is 0. The molecule has 1 aliphatic rings. The molecule has 0 unspecified atom stereocenters. The van der Waals surface area contributed by atoms with Crippen LogP contribution in [0.1, 0.15) is 0 Å². The molecule has 1 saturated heterocycles. The number of nitrogens with zero attached hydrogens (tertiary/aromatic N) is 1. The molecule has 96 valence electrons. The van der Waals surface area contributed by atoms with E-state index >= 15 is 0 Å². The van der Waals surface area contributed by atoms with E-state index in [0.29, 0.717) is 10.3 Å². The first kappa shape index (κ1) is 13.0. The average Bonchev–Trinajstić information content (AvgIpc) is 2.71. The van der Waals surface area contributed by atoms with Crippen LogP contribution in [0.3, 0.4) is 0 Å². The molecule has 1 aromatic heterocycles. The van der Waals surface area contributed by atoms with Crippen molar-refractivity contribution in [2.45, 2.75) is 24.4 Å². The van der Waals surface area contributed by atoms with Gasteiger partial charge in [-0.1, -0.05) is 11.6 Å². The maximum atomic E-state index is 9.85. The third-order valence-electron chi connectivity index (χ3n) is 2.60. The minimum Gasteiger partial charge on any atom is -0.394 e. The van der Waals surface area contributed by atoms with Gasteiger partial charge in [0, 0.05) is 5.38 Å². The second-order valence-electron chi connectivity index (χ2n) is 3.76. The molecule has 0 spiro atoms. The van der Waals surface area contributed by atoms with Crippen molar-refractivity contribution in [1.82, 2.24) is 4.98 Å². The van der Waals surface area contributed by atoms with Gasteiger partial charge < -0.3 is 25.4 Å². The molecule has 0 aromatic carbocycles. The highest BCUT2D eigenvalue weighted by molar-refractivity contribution is 7.14. The molecular weight excluding hydrogens is 268 g/mol. The Balaban J connectivity index is 1.98. The van der Waals surface area contributed by atoms with Crippen LogP contribution in [0.15, 0.2) is 5.38 Å². The van der Waals surface area contributed by atoms with Gasteiger partial charge in [-0.15, -0.1) is 11.3 Å². The smallest absolute Gasteiger partial charge is 0.184 e. The van der Waals surface area contributed by atoms with Crippen LogP contribution in [0.2, 0.25) is 5.15 Å². The fraction of sp³-hybridized carbons (Fsp3) is 0.667. The monoisotopic (exact) mass is 280 g/mol. The highest BCUT2D eigenvalue weighted by atomic mass is 35.5. The van der Waals surface area contributed by atoms with Crippen LogP contribution in [0.5, 0.6) is 0 Å². The highest BCUT2D eigenvalue weighted by Crippen LogP contribution is 2.23. The zero-order valence-corrected chi connectivity index (χ0v) is 10.4. The Morgan fingerprint density at radius 1 is 1.53 bits per heavy atom. The summed E-state index contributed by atoms with van der Waals surface area (Å²) in [6, 6.07) is -0.477. The molecule has 1 aliphatic heterocycles. The average molecular weight is 281 g/mol. The molecule has 8 heteroatoms. The molecule has 6 nitrogen and oxygen atoms in total.